The lowest BCUT2D eigenvalue weighted by Crippen LogP contribution is -2.30. The third kappa shape index (κ3) is 3.10. The highest BCUT2D eigenvalue weighted by molar-refractivity contribution is 5.49. The van der Waals surface area contributed by atoms with Crippen LogP contribution in [-0.2, 0) is 0 Å². The van der Waals surface area contributed by atoms with Crippen molar-refractivity contribution in [2.45, 2.75) is 20.3 Å². The van der Waals surface area contributed by atoms with Gasteiger partial charge in [0.05, 0.1) is 0 Å². The maximum Gasteiger partial charge on any atom is 0.224 e. The van der Waals surface area contributed by atoms with Crippen LogP contribution in [0.1, 0.15) is 18.9 Å². The third-order valence-corrected chi connectivity index (χ3v) is 3.30. The molecule has 0 radical (unpaired) electrons. The van der Waals surface area contributed by atoms with E-state index in [-0.39, 0.29) is 0 Å². The molecule has 0 saturated carbocycles. The fourth-order valence-corrected chi connectivity index (χ4v) is 2.25. The van der Waals surface area contributed by atoms with Crippen molar-refractivity contribution in [2.75, 3.05) is 50.0 Å². The molecule has 0 aliphatic carbocycles. The summed E-state index contributed by atoms with van der Waals surface area (Å²) in [5.41, 5.74) is 1.15. The maximum atomic E-state index is 4.64. The Morgan fingerprint density at radius 3 is 2.89 bits per heavy atom. The third-order valence-electron chi connectivity index (χ3n) is 3.30. The number of hydrogen-bond donors (Lipinski definition) is 1. The average molecular weight is 249 g/mol. The van der Waals surface area contributed by atoms with Gasteiger partial charge >= 0.3 is 0 Å². The Labute approximate surface area is 109 Å². The van der Waals surface area contributed by atoms with E-state index in [2.05, 4.69) is 46.0 Å². The summed E-state index contributed by atoms with van der Waals surface area (Å²) in [6.45, 7) is 9.38. The van der Waals surface area contributed by atoms with Crippen LogP contribution in [0.3, 0.4) is 0 Å². The predicted octanol–water partition coefficient (Wildman–Crippen LogP) is 1.36. The van der Waals surface area contributed by atoms with E-state index in [9.17, 15) is 0 Å². The van der Waals surface area contributed by atoms with Gasteiger partial charge in [0.1, 0.15) is 5.82 Å². The van der Waals surface area contributed by atoms with E-state index in [0.717, 1.165) is 43.5 Å². The lowest BCUT2D eigenvalue weighted by molar-refractivity contribution is 0.360. The van der Waals surface area contributed by atoms with Crippen LogP contribution in [0.25, 0.3) is 0 Å². The monoisotopic (exact) mass is 249 g/mol. The Hall–Kier alpha value is -1.36. The van der Waals surface area contributed by atoms with Crippen LogP contribution in [0.2, 0.25) is 0 Å². The number of aromatic nitrogens is 2. The molecule has 1 aromatic rings. The minimum atomic E-state index is 0.732. The van der Waals surface area contributed by atoms with Gasteiger partial charge in [-0.2, -0.15) is 4.98 Å². The average Bonchev–Trinajstić information content (AvgIpc) is 2.57. The Bertz CT molecular complexity index is 393. The number of rotatable bonds is 3. The van der Waals surface area contributed by atoms with Crippen molar-refractivity contribution in [1.29, 1.82) is 0 Å². The normalized spacial score (nSPS) is 17.6. The summed E-state index contributed by atoms with van der Waals surface area (Å²) in [6.07, 6.45) is 3.10. The molecule has 0 aromatic carbocycles. The van der Waals surface area contributed by atoms with Crippen LogP contribution in [0.5, 0.6) is 0 Å². The SMILES string of the molecule is CCNc1ncc(C)c(N2CCCN(C)CC2)n1. The Kier molecular flexibility index (Phi) is 4.36. The largest absolute Gasteiger partial charge is 0.355 e. The quantitative estimate of drug-likeness (QED) is 0.876. The fourth-order valence-electron chi connectivity index (χ4n) is 2.25. The van der Waals surface area contributed by atoms with Crippen molar-refractivity contribution in [2.24, 2.45) is 0 Å². The molecule has 0 bridgehead atoms. The van der Waals surface area contributed by atoms with Gasteiger partial charge in [0, 0.05) is 37.9 Å². The second kappa shape index (κ2) is 6.00. The standard InChI is InChI=1S/C13H23N5/c1-4-14-13-15-10-11(2)12(16-13)18-7-5-6-17(3)8-9-18/h10H,4-9H2,1-3H3,(H,14,15,16). The second-order valence-electron chi connectivity index (χ2n) is 4.87. The second-order valence-corrected chi connectivity index (χ2v) is 4.87. The minimum absolute atomic E-state index is 0.732. The summed E-state index contributed by atoms with van der Waals surface area (Å²) in [5.74, 6) is 1.81. The molecule has 5 heteroatoms. The Balaban J connectivity index is 2.17. The van der Waals surface area contributed by atoms with Crippen molar-refractivity contribution in [3.63, 3.8) is 0 Å². The number of aryl methyl sites for hydroxylation is 1. The number of nitrogens with one attached hydrogen (secondary N) is 1. The van der Waals surface area contributed by atoms with Gasteiger partial charge in [0.25, 0.3) is 0 Å². The van der Waals surface area contributed by atoms with Gasteiger partial charge in [-0.05, 0) is 33.9 Å². The first kappa shape index (κ1) is 13.1. The molecule has 0 unspecified atom stereocenters. The molecule has 0 atom stereocenters. The van der Waals surface area contributed by atoms with Gasteiger partial charge in [-0.1, -0.05) is 0 Å². The van der Waals surface area contributed by atoms with E-state index < -0.39 is 0 Å². The van der Waals surface area contributed by atoms with E-state index in [0.29, 0.717) is 0 Å². The number of likely N-dealkylation sites (N-methyl/N-ethyl adjacent to an activating group) is 1. The fraction of sp³-hybridized carbons (Fsp3) is 0.692. The number of hydrogen-bond acceptors (Lipinski definition) is 5. The highest BCUT2D eigenvalue weighted by atomic mass is 15.3. The molecule has 100 valence electrons. The molecule has 0 amide bonds. The zero-order chi connectivity index (χ0) is 13.0. The van der Waals surface area contributed by atoms with Crippen molar-refractivity contribution >= 4 is 11.8 Å². The lowest BCUT2D eigenvalue weighted by Gasteiger charge is -2.23. The number of anilines is 2. The minimum Gasteiger partial charge on any atom is -0.355 e. The first-order valence-corrected chi connectivity index (χ1v) is 6.71. The Morgan fingerprint density at radius 1 is 1.28 bits per heavy atom. The molecule has 5 nitrogen and oxygen atoms in total. The summed E-state index contributed by atoms with van der Waals surface area (Å²) in [5, 5.41) is 3.18. The molecular weight excluding hydrogens is 226 g/mol. The summed E-state index contributed by atoms with van der Waals surface area (Å²) in [7, 11) is 2.18. The van der Waals surface area contributed by atoms with Crippen LogP contribution in [0.4, 0.5) is 11.8 Å². The molecule has 1 N–H and O–H groups in total. The predicted molar refractivity (Wildman–Crippen MR) is 75.3 cm³/mol. The molecular formula is C13H23N5. The Morgan fingerprint density at radius 2 is 2.11 bits per heavy atom. The van der Waals surface area contributed by atoms with Gasteiger partial charge in [-0.25, -0.2) is 4.98 Å². The molecule has 1 aliphatic heterocycles. The van der Waals surface area contributed by atoms with Crippen molar-refractivity contribution in [3.8, 4) is 0 Å². The van der Waals surface area contributed by atoms with Crippen LogP contribution in [0, 0.1) is 6.92 Å². The number of nitrogens with zero attached hydrogens (tertiary/aromatic N) is 4. The molecule has 2 heterocycles. The van der Waals surface area contributed by atoms with Crippen molar-refractivity contribution in [1.82, 2.24) is 14.9 Å². The van der Waals surface area contributed by atoms with Crippen LogP contribution in [-0.4, -0.2) is 54.6 Å². The van der Waals surface area contributed by atoms with E-state index in [1.165, 1.54) is 13.0 Å². The van der Waals surface area contributed by atoms with Gasteiger partial charge < -0.3 is 15.1 Å². The summed E-state index contributed by atoms with van der Waals surface area (Å²) < 4.78 is 0. The van der Waals surface area contributed by atoms with Gasteiger partial charge in [-0.3, -0.25) is 0 Å². The smallest absolute Gasteiger partial charge is 0.224 e. The molecule has 1 fully saturated rings. The molecule has 0 spiro atoms. The van der Waals surface area contributed by atoms with Crippen LogP contribution < -0.4 is 10.2 Å². The first-order valence-electron chi connectivity index (χ1n) is 6.71. The molecule has 1 aliphatic rings. The van der Waals surface area contributed by atoms with E-state index in [1.807, 2.05) is 6.20 Å². The molecule has 18 heavy (non-hydrogen) atoms. The molecule has 1 saturated heterocycles. The van der Waals surface area contributed by atoms with Gasteiger partial charge in [-0.15, -0.1) is 0 Å². The van der Waals surface area contributed by atoms with Crippen LogP contribution in [0.15, 0.2) is 6.20 Å². The van der Waals surface area contributed by atoms with Gasteiger partial charge in [0.2, 0.25) is 5.95 Å². The van der Waals surface area contributed by atoms with Crippen molar-refractivity contribution < 1.29 is 0 Å². The summed E-state index contributed by atoms with van der Waals surface area (Å²) in [6, 6.07) is 0. The molecule has 2 rings (SSSR count). The van der Waals surface area contributed by atoms with E-state index in [1.54, 1.807) is 0 Å². The molecule has 1 aromatic heterocycles. The lowest BCUT2D eigenvalue weighted by atomic mass is 10.3. The topological polar surface area (TPSA) is 44.3 Å². The van der Waals surface area contributed by atoms with Crippen LogP contribution >= 0.6 is 0 Å². The highest BCUT2D eigenvalue weighted by Crippen LogP contribution is 2.19. The first-order chi connectivity index (χ1) is 8.70. The highest BCUT2D eigenvalue weighted by Gasteiger charge is 2.16. The van der Waals surface area contributed by atoms with Gasteiger partial charge in [0.15, 0.2) is 0 Å². The summed E-state index contributed by atoms with van der Waals surface area (Å²) in [4.78, 5) is 13.7. The van der Waals surface area contributed by atoms with E-state index >= 15 is 0 Å². The van der Waals surface area contributed by atoms with E-state index in [4.69, 9.17) is 0 Å². The zero-order valence-electron chi connectivity index (χ0n) is 11.6. The van der Waals surface area contributed by atoms with Crippen molar-refractivity contribution in [3.05, 3.63) is 11.8 Å². The summed E-state index contributed by atoms with van der Waals surface area (Å²) >= 11 is 0. The zero-order valence-corrected chi connectivity index (χ0v) is 11.6. The maximum absolute atomic E-state index is 4.64.